The molecule has 0 saturated carbocycles. The fourth-order valence-electron chi connectivity index (χ4n) is 2.95. The average Bonchev–Trinajstić information content (AvgIpc) is 3.26. The predicted molar refractivity (Wildman–Crippen MR) is 95.9 cm³/mol. The van der Waals surface area contributed by atoms with Crippen molar-refractivity contribution in [3.8, 4) is 11.5 Å². The van der Waals surface area contributed by atoms with Gasteiger partial charge >= 0.3 is 0 Å². The maximum Gasteiger partial charge on any atom is 0.257 e. The minimum atomic E-state index is 0.593. The molecular formula is C17H21N5OS. The molecule has 6 nitrogen and oxygen atoms in total. The van der Waals surface area contributed by atoms with Gasteiger partial charge in [-0.2, -0.15) is 4.98 Å². The van der Waals surface area contributed by atoms with Gasteiger partial charge in [-0.05, 0) is 12.1 Å². The van der Waals surface area contributed by atoms with E-state index in [1.807, 2.05) is 42.1 Å². The van der Waals surface area contributed by atoms with Crippen LogP contribution in [0.3, 0.4) is 0 Å². The van der Waals surface area contributed by atoms with Crippen molar-refractivity contribution in [1.29, 1.82) is 0 Å². The van der Waals surface area contributed by atoms with Gasteiger partial charge in [0.1, 0.15) is 0 Å². The van der Waals surface area contributed by atoms with Gasteiger partial charge in [0.15, 0.2) is 11.0 Å². The minimum Gasteiger partial charge on any atom is -0.349 e. The van der Waals surface area contributed by atoms with Gasteiger partial charge in [-0.3, -0.25) is 9.89 Å². The zero-order valence-corrected chi connectivity index (χ0v) is 14.6. The smallest absolute Gasteiger partial charge is 0.257 e. The van der Waals surface area contributed by atoms with Crippen molar-refractivity contribution >= 4 is 16.9 Å². The quantitative estimate of drug-likeness (QED) is 0.853. The molecule has 24 heavy (non-hydrogen) atoms. The lowest BCUT2D eigenvalue weighted by molar-refractivity contribution is 0.172. The molecule has 126 valence electrons. The summed E-state index contributed by atoms with van der Waals surface area (Å²) in [5.41, 5.74) is 0.964. The molecule has 4 rings (SSSR count). The van der Waals surface area contributed by atoms with E-state index in [0.29, 0.717) is 11.1 Å². The molecule has 0 spiro atoms. The van der Waals surface area contributed by atoms with Gasteiger partial charge in [0.2, 0.25) is 0 Å². The highest BCUT2D eigenvalue weighted by Crippen LogP contribution is 2.24. The first kappa shape index (κ1) is 15.7. The Labute approximate surface area is 145 Å². The van der Waals surface area contributed by atoms with Crippen LogP contribution in [0.5, 0.6) is 0 Å². The summed E-state index contributed by atoms with van der Waals surface area (Å²) in [4.78, 5) is 13.9. The van der Waals surface area contributed by atoms with Crippen molar-refractivity contribution in [2.45, 2.75) is 18.7 Å². The van der Waals surface area contributed by atoms with E-state index in [1.165, 1.54) is 5.17 Å². The van der Waals surface area contributed by atoms with Crippen LogP contribution >= 0.6 is 11.8 Å². The molecule has 0 bridgehead atoms. The van der Waals surface area contributed by atoms with Gasteiger partial charge in [0.25, 0.3) is 5.89 Å². The summed E-state index contributed by atoms with van der Waals surface area (Å²) in [5.74, 6) is 1.35. The SMILES string of the molecule is C[C@@H]1CN=C(N2CCN(Cc3noc(-c4ccccc4)n3)CC2)S1. The molecule has 7 heteroatoms. The molecule has 2 aliphatic rings. The van der Waals surface area contributed by atoms with E-state index in [9.17, 15) is 0 Å². The summed E-state index contributed by atoms with van der Waals surface area (Å²) in [6.07, 6.45) is 0. The lowest BCUT2D eigenvalue weighted by Crippen LogP contribution is -2.47. The highest BCUT2D eigenvalue weighted by atomic mass is 32.2. The fourth-order valence-corrected chi connectivity index (χ4v) is 3.94. The number of hydrogen-bond donors (Lipinski definition) is 0. The molecule has 2 aliphatic heterocycles. The van der Waals surface area contributed by atoms with Crippen molar-refractivity contribution in [2.24, 2.45) is 4.99 Å². The number of aliphatic imine (C=N–C) groups is 1. The third-order valence-corrected chi connectivity index (χ3v) is 5.44. The highest BCUT2D eigenvalue weighted by molar-refractivity contribution is 8.14. The summed E-state index contributed by atoms with van der Waals surface area (Å²) in [7, 11) is 0. The molecule has 0 radical (unpaired) electrons. The Bertz CT molecular complexity index is 709. The summed E-state index contributed by atoms with van der Waals surface area (Å²) in [6.45, 7) is 7.96. The fraction of sp³-hybridized carbons (Fsp3) is 0.471. The van der Waals surface area contributed by atoms with Gasteiger partial charge < -0.3 is 9.42 Å². The number of piperazine rings is 1. The Kier molecular flexibility index (Phi) is 4.53. The maximum absolute atomic E-state index is 5.39. The van der Waals surface area contributed by atoms with Crippen LogP contribution in [0.2, 0.25) is 0 Å². The van der Waals surface area contributed by atoms with E-state index in [2.05, 4.69) is 31.9 Å². The van der Waals surface area contributed by atoms with Crippen LogP contribution in [0, 0.1) is 0 Å². The normalized spacial score (nSPS) is 22.0. The van der Waals surface area contributed by atoms with E-state index < -0.39 is 0 Å². The first-order valence-electron chi connectivity index (χ1n) is 8.34. The Morgan fingerprint density at radius 1 is 1.17 bits per heavy atom. The second kappa shape index (κ2) is 6.94. The number of amidine groups is 1. The molecule has 0 unspecified atom stereocenters. The second-order valence-corrected chi connectivity index (χ2v) is 7.60. The van der Waals surface area contributed by atoms with Gasteiger partial charge in [-0.1, -0.05) is 42.0 Å². The van der Waals surface area contributed by atoms with Crippen LogP contribution in [0.4, 0.5) is 0 Å². The molecule has 2 aromatic rings. The molecule has 0 amide bonds. The van der Waals surface area contributed by atoms with Crippen molar-refractivity contribution in [3.63, 3.8) is 0 Å². The van der Waals surface area contributed by atoms with E-state index in [4.69, 9.17) is 4.52 Å². The number of benzene rings is 1. The molecule has 1 saturated heterocycles. The number of hydrogen-bond acceptors (Lipinski definition) is 7. The Hall–Kier alpha value is -1.86. The molecular weight excluding hydrogens is 322 g/mol. The van der Waals surface area contributed by atoms with Crippen LogP contribution in [0.1, 0.15) is 12.7 Å². The van der Waals surface area contributed by atoms with E-state index in [0.717, 1.165) is 50.7 Å². The number of thioether (sulfide) groups is 1. The summed E-state index contributed by atoms with van der Waals surface area (Å²) in [5, 5.41) is 5.96. The molecule has 1 atom stereocenters. The van der Waals surface area contributed by atoms with Crippen LogP contribution in [0.15, 0.2) is 39.8 Å². The van der Waals surface area contributed by atoms with Crippen LogP contribution in [-0.2, 0) is 6.54 Å². The average molecular weight is 343 g/mol. The first-order valence-corrected chi connectivity index (χ1v) is 9.22. The Morgan fingerprint density at radius 2 is 1.96 bits per heavy atom. The lowest BCUT2D eigenvalue weighted by atomic mass is 10.2. The van der Waals surface area contributed by atoms with E-state index in [-0.39, 0.29) is 0 Å². The largest absolute Gasteiger partial charge is 0.349 e. The van der Waals surface area contributed by atoms with Gasteiger partial charge in [-0.25, -0.2) is 0 Å². The zero-order valence-electron chi connectivity index (χ0n) is 13.8. The number of aromatic nitrogens is 2. The van der Waals surface area contributed by atoms with E-state index >= 15 is 0 Å². The Morgan fingerprint density at radius 3 is 2.67 bits per heavy atom. The van der Waals surface area contributed by atoms with Crippen LogP contribution in [-0.4, -0.2) is 63.1 Å². The van der Waals surface area contributed by atoms with Crippen LogP contribution < -0.4 is 0 Å². The van der Waals surface area contributed by atoms with Crippen molar-refractivity contribution in [3.05, 3.63) is 36.2 Å². The molecule has 0 aliphatic carbocycles. The maximum atomic E-state index is 5.39. The topological polar surface area (TPSA) is 57.8 Å². The number of rotatable bonds is 3. The van der Waals surface area contributed by atoms with Gasteiger partial charge in [0.05, 0.1) is 13.1 Å². The molecule has 1 aromatic carbocycles. The van der Waals surface area contributed by atoms with Crippen molar-refractivity contribution in [1.82, 2.24) is 19.9 Å². The highest BCUT2D eigenvalue weighted by Gasteiger charge is 2.25. The molecule has 1 fully saturated rings. The summed E-state index contributed by atoms with van der Waals surface area (Å²) < 4.78 is 5.39. The summed E-state index contributed by atoms with van der Waals surface area (Å²) >= 11 is 1.90. The first-order chi connectivity index (χ1) is 11.8. The van der Waals surface area contributed by atoms with Gasteiger partial charge in [-0.15, -0.1) is 0 Å². The third kappa shape index (κ3) is 3.47. The third-order valence-electron chi connectivity index (χ3n) is 4.29. The van der Waals surface area contributed by atoms with Crippen molar-refractivity contribution in [2.75, 3.05) is 32.7 Å². The van der Waals surface area contributed by atoms with Gasteiger partial charge in [0, 0.05) is 37.0 Å². The summed E-state index contributed by atoms with van der Waals surface area (Å²) in [6, 6.07) is 9.90. The second-order valence-electron chi connectivity index (χ2n) is 6.20. The lowest BCUT2D eigenvalue weighted by Gasteiger charge is -2.34. The predicted octanol–water partition coefficient (Wildman–Crippen LogP) is 2.35. The monoisotopic (exact) mass is 343 g/mol. The minimum absolute atomic E-state index is 0.593. The molecule has 0 N–H and O–H groups in total. The molecule has 1 aromatic heterocycles. The zero-order chi connectivity index (χ0) is 16.4. The van der Waals surface area contributed by atoms with Crippen LogP contribution in [0.25, 0.3) is 11.5 Å². The standard InChI is InChI=1S/C17H21N5OS/c1-13-11-18-17(24-13)22-9-7-21(8-10-22)12-15-19-16(23-20-15)14-5-3-2-4-6-14/h2-6,13H,7-12H2,1H3/t13-/m1/s1. The Balaban J connectivity index is 1.32. The molecule has 3 heterocycles. The number of nitrogens with zero attached hydrogens (tertiary/aromatic N) is 5. The van der Waals surface area contributed by atoms with E-state index in [1.54, 1.807) is 0 Å². The van der Waals surface area contributed by atoms with Crippen molar-refractivity contribution < 1.29 is 4.52 Å².